The first-order valence-electron chi connectivity index (χ1n) is 5.30. The van der Waals surface area contributed by atoms with E-state index in [1.807, 2.05) is 0 Å². The predicted octanol–water partition coefficient (Wildman–Crippen LogP) is 1.97. The number of para-hydroxylation sites is 1. The molecule has 19 heavy (non-hydrogen) atoms. The number of rotatable bonds is 4. The zero-order valence-electron chi connectivity index (χ0n) is 9.85. The Kier molecular flexibility index (Phi) is 3.69. The van der Waals surface area contributed by atoms with Crippen molar-refractivity contribution >= 4 is 11.9 Å². The Morgan fingerprint density at radius 2 is 2.16 bits per heavy atom. The Morgan fingerprint density at radius 3 is 2.79 bits per heavy atom. The quantitative estimate of drug-likeness (QED) is 0.888. The lowest BCUT2D eigenvalue weighted by Gasteiger charge is -2.09. The number of nitrogens with one attached hydrogen (secondary N) is 2. The van der Waals surface area contributed by atoms with Gasteiger partial charge in [-0.25, -0.2) is 0 Å². The van der Waals surface area contributed by atoms with Crippen LogP contribution in [0, 0.1) is 6.92 Å². The highest BCUT2D eigenvalue weighted by molar-refractivity contribution is 6.05. The molecule has 0 saturated heterocycles. The molecule has 8 heteroatoms. The molecular formula is C11H10F2N4O2. The summed E-state index contributed by atoms with van der Waals surface area (Å²) in [6, 6.07) is 5.68. The summed E-state index contributed by atoms with van der Waals surface area (Å²) in [6.07, 6.45) is 0. The summed E-state index contributed by atoms with van der Waals surface area (Å²) in [5, 5.41) is 8.64. The number of benzene rings is 1. The SMILES string of the molecule is Cc1nc(NC(=O)c2ccccc2OC(F)F)n[nH]1. The van der Waals surface area contributed by atoms with Crippen molar-refractivity contribution in [3.63, 3.8) is 0 Å². The number of carbonyl (C=O) groups excluding carboxylic acids is 1. The van der Waals surface area contributed by atoms with Gasteiger partial charge in [-0.3, -0.25) is 15.2 Å². The molecule has 0 unspecified atom stereocenters. The highest BCUT2D eigenvalue weighted by Gasteiger charge is 2.16. The number of aryl methyl sites for hydroxylation is 1. The molecule has 0 aliphatic rings. The first-order valence-corrected chi connectivity index (χ1v) is 5.30. The van der Waals surface area contributed by atoms with Crippen LogP contribution in [-0.2, 0) is 0 Å². The fourth-order valence-electron chi connectivity index (χ4n) is 1.42. The molecule has 1 amide bonds. The van der Waals surface area contributed by atoms with Gasteiger partial charge in [0.05, 0.1) is 5.56 Å². The molecule has 100 valence electrons. The normalized spacial score (nSPS) is 10.5. The molecule has 0 aliphatic carbocycles. The number of halogens is 2. The number of hydrogen-bond donors (Lipinski definition) is 2. The summed E-state index contributed by atoms with van der Waals surface area (Å²) in [7, 11) is 0. The van der Waals surface area contributed by atoms with E-state index in [1.165, 1.54) is 24.3 Å². The van der Waals surface area contributed by atoms with E-state index in [0.717, 1.165) is 0 Å². The molecule has 0 saturated carbocycles. The summed E-state index contributed by atoms with van der Waals surface area (Å²) in [5.41, 5.74) is -0.0229. The summed E-state index contributed by atoms with van der Waals surface area (Å²) >= 11 is 0. The minimum atomic E-state index is -3.00. The highest BCUT2D eigenvalue weighted by Crippen LogP contribution is 2.20. The topological polar surface area (TPSA) is 79.9 Å². The molecule has 2 rings (SSSR count). The second-order valence-corrected chi connectivity index (χ2v) is 3.57. The van der Waals surface area contributed by atoms with Crippen molar-refractivity contribution in [2.24, 2.45) is 0 Å². The van der Waals surface area contributed by atoms with E-state index in [2.05, 4.69) is 25.2 Å². The van der Waals surface area contributed by atoms with Crippen molar-refractivity contribution in [2.75, 3.05) is 5.32 Å². The number of amides is 1. The molecule has 0 aliphatic heterocycles. The lowest BCUT2D eigenvalue weighted by atomic mass is 10.2. The minimum Gasteiger partial charge on any atom is -0.434 e. The number of ether oxygens (including phenoxy) is 1. The van der Waals surface area contributed by atoms with Gasteiger partial charge in [0, 0.05) is 0 Å². The molecule has 1 aromatic heterocycles. The van der Waals surface area contributed by atoms with Crippen LogP contribution in [0.2, 0.25) is 0 Å². The average molecular weight is 268 g/mol. The van der Waals surface area contributed by atoms with Crippen LogP contribution in [0.3, 0.4) is 0 Å². The van der Waals surface area contributed by atoms with Crippen molar-refractivity contribution in [3.8, 4) is 5.75 Å². The van der Waals surface area contributed by atoms with Crippen LogP contribution in [0.25, 0.3) is 0 Å². The first kappa shape index (κ1) is 12.9. The Bertz CT molecular complexity index is 586. The van der Waals surface area contributed by atoms with Crippen LogP contribution >= 0.6 is 0 Å². The minimum absolute atomic E-state index is 0.0229. The van der Waals surface area contributed by atoms with Crippen molar-refractivity contribution in [1.82, 2.24) is 15.2 Å². The lowest BCUT2D eigenvalue weighted by Crippen LogP contribution is -2.15. The molecule has 2 N–H and O–H groups in total. The standard InChI is InChI=1S/C11H10F2N4O2/c1-6-14-11(17-16-6)15-9(18)7-4-2-3-5-8(7)19-10(12)13/h2-5,10H,1H3,(H2,14,15,16,17,18). The molecular weight excluding hydrogens is 258 g/mol. The van der Waals surface area contributed by atoms with Gasteiger partial charge in [0.2, 0.25) is 5.95 Å². The lowest BCUT2D eigenvalue weighted by molar-refractivity contribution is -0.0501. The molecule has 6 nitrogen and oxygen atoms in total. The summed E-state index contributed by atoms with van der Waals surface area (Å²) in [6.45, 7) is -1.34. The molecule has 0 radical (unpaired) electrons. The van der Waals surface area contributed by atoms with Crippen LogP contribution in [0.1, 0.15) is 16.2 Å². The fourth-order valence-corrected chi connectivity index (χ4v) is 1.42. The Hall–Kier alpha value is -2.51. The number of alkyl halides is 2. The van der Waals surface area contributed by atoms with Crippen LogP contribution in [0.5, 0.6) is 5.75 Å². The van der Waals surface area contributed by atoms with E-state index < -0.39 is 12.5 Å². The van der Waals surface area contributed by atoms with Crippen LogP contribution in [0.15, 0.2) is 24.3 Å². The van der Waals surface area contributed by atoms with Gasteiger partial charge in [-0.2, -0.15) is 13.8 Å². The Morgan fingerprint density at radius 1 is 1.42 bits per heavy atom. The van der Waals surface area contributed by atoms with Gasteiger partial charge in [0.1, 0.15) is 11.6 Å². The largest absolute Gasteiger partial charge is 0.434 e. The van der Waals surface area contributed by atoms with Gasteiger partial charge in [-0.05, 0) is 19.1 Å². The number of aromatic nitrogens is 3. The third-order valence-corrected chi connectivity index (χ3v) is 2.17. The van der Waals surface area contributed by atoms with E-state index in [9.17, 15) is 13.6 Å². The second kappa shape index (κ2) is 5.42. The fraction of sp³-hybridized carbons (Fsp3) is 0.182. The van der Waals surface area contributed by atoms with E-state index in [-0.39, 0.29) is 17.3 Å². The maximum atomic E-state index is 12.2. The van der Waals surface area contributed by atoms with Gasteiger partial charge in [0.25, 0.3) is 5.91 Å². The number of carbonyl (C=O) groups is 1. The van der Waals surface area contributed by atoms with Gasteiger partial charge in [-0.1, -0.05) is 12.1 Å². The second-order valence-electron chi connectivity index (χ2n) is 3.57. The number of H-pyrrole nitrogens is 1. The van der Waals surface area contributed by atoms with E-state index in [0.29, 0.717) is 5.82 Å². The Balaban J connectivity index is 2.18. The van der Waals surface area contributed by atoms with Gasteiger partial charge >= 0.3 is 6.61 Å². The maximum absolute atomic E-state index is 12.2. The van der Waals surface area contributed by atoms with Crippen LogP contribution in [-0.4, -0.2) is 27.7 Å². The van der Waals surface area contributed by atoms with Gasteiger partial charge < -0.3 is 4.74 Å². The van der Waals surface area contributed by atoms with Crippen LogP contribution < -0.4 is 10.1 Å². The first-order chi connectivity index (χ1) is 9.06. The molecule has 0 bridgehead atoms. The molecule has 0 spiro atoms. The number of nitrogens with zero attached hydrogens (tertiary/aromatic N) is 2. The number of hydrogen-bond acceptors (Lipinski definition) is 4. The summed E-state index contributed by atoms with van der Waals surface area (Å²) < 4.78 is 28.7. The van der Waals surface area contributed by atoms with Gasteiger partial charge in [-0.15, -0.1) is 5.10 Å². The van der Waals surface area contributed by atoms with E-state index in [4.69, 9.17) is 0 Å². The monoisotopic (exact) mass is 268 g/mol. The van der Waals surface area contributed by atoms with Crippen molar-refractivity contribution in [3.05, 3.63) is 35.7 Å². The Labute approximate surface area is 106 Å². The number of anilines is 1. The highest BCUT2D eigenvalue weighted by atomic mass is 19.3. The van der Waals surface area contributed by atoms with Gasteiger partial charge in [0.15, 0.2) is 0 Å². The molecule has 0 atom stereocenters. The maximum Gasteiger partial charge on any atom is 0.387 e. The van der Waals surface area contributed by atoms with E-state index >= 15 is 0 Å². The average Bonchev–Trinajstić information content (AvgIpc) is 2.74. The zero-order valence-corrected chi connectivity index (χ0v) is 9.85. The van der Waals surface area contributed by atoms with Crippen molar-refractivity contribution in [2.45, 2.75) is 13.5 Å². The molecule has 1 aromatic carbocycles. The summed E-state index contributed by atoms with van der Waals surface area (Å²) in [5.74, 6) is -0.251. The van der Waals surface area contributed by atoms with Crippen molar-refractivity contribution in [1.29, 1.82) is 0 Å². The molecule has 1 heterocycles. The predicted molar refractivity (Wildman–Crippen MR) is 62.1 cm³/mol. The summed E-state index contributed by atoms with van der Waals surface area (Å²) in [4.78, 5) is 15.8. The van der Waals surface area contributed by atoms with E-state index in [1.54, 1.807) is 6.92 Å². The third-order valence-electron chi connectivity index (χ3n) is 2.17. The third kappa shape index (κ3) is 3.24. The number of aromatic amines is 1. The molecule has 2 aromatic rings. The van der Waals surface area contributed by atoms with Crippen molar-refractivity contribution < 1.29 is 18.3 Å². The van der Waals surface area contributed by atoms with Crippen LogP contribution in [0.4, 0.5) is 14.7 Å². The smallest absolute Gasteiger partial charge is 0.387 e. The zero-order chi connectivity index (χ0) is 13.8. The molecule has 0 fully saturated rings.